The van der Waals surface area contributed by atoms with Gasteiger partial charge in [0.25, 0.3) is 0 Å². The molecule has 8 heteroatoms. The lowest BCUT2D eigenvalue weighted by Crippen LogP contribution is -2.08. The molecule has 3 rings (SSSR count). The Labute approximate surface area is 124 Å². The number of hydrogen-bond acceptors (Lipinski definition) is 4. The quantitative estimate of drug-likeness (QED) is 0.783. The molecule has 1 N–H and O–H groups in total. The van der Waals surface area contributed by atoms with Crippen molar-refractivity contribution in [3.05, 3.63) is 34.4 Å². The van der Waals surface area contributed by atoms with Gasteiger partial charge in [0.1, 0.15) is 5.56 Å². The minimum atomic E-state index is -1.08. The van der Waals surface area contributed by atoms with Gasteiger partial charge in [0.05, 0.1) is 27.5 Å². The Morgan fingerprint density at radius 2 is 2.00 bits per heavy atom. The van der Waals surface area contributed by atoms with Crippen LogP contribution < -0.4 is 0 Å². The zero-order valence-electron chi connectivity index (χ0n) is 11.6. The van der Waals surface area contributed by atoms with E-state index in [0.29, 0.717) is 33.1 Å². The molecule has 3 aromatic heterocycles. The van der Waals surface area contributed by atoms with Crippen molar-refractivity contribution in [3.8, 4) is 5.69 Å². The summed E-state index contributed by atoms with van der Waals surface area (Å²) in [7, 11) is 1.76. The molecule has 0 radical (unpaired) electrons. The Balaban J connectivity index is 2.47. The van der Waals surface area contributed by atoms with Crippen LogP contribution in [0.25, 0.3) is 16.7 Å². The maximum atomic E-state index is 11.5. The second-order valence-electron chi connectivity index (χ2n) is 4.74. The van der Waals surface area contributed by atoms with Crippen LogP contribution in [0.3, 0.4) is 0 Å². The lowest BCUT2D eigenvalue weighted by molar-refractivity contribution is 0.0696. The van der Waals surface area contributed by atoms with E-state index in [1.165, 1.54) is 10.9 Å². The van der Waals surface area contributed by atoms with Gasteiger partial charge in [0.15, 0.2) is 5.65 Å². The highest BCUT2D eigenvalue weighted by Gasteiger charge is 2.22. The number of halogens is 1. The Hall–Kier alpha value is -2.41. The number of fused-ring (bicyclic) bond motifs is 1. The summed E-state index contributed by atoms with van der Waals surface area (Å²) in [6.45, 7) is 3.56. The lowest BCUT2D eigenvalue weighted by atomic mass is 10.1. The van der Waals surface area contributed by atoms with Crippen LogP contribution in [-0.2, 0) is 7.05 Å². The van der Waals surface area contributed by atoms with Gasteiger partial charge in [-0.3, -0.25) is 4.68 Å². The third-order valence-electron chi connectivity index (χ3n) is 3.30. The fourth-order valence-electron chi connectivity index (χ4n) is 2.34. The number of aromatic carboxylic acids is 1. The monoisotopic (exact) mass is 305 g/mol. The van der Waals surface area contributed by atoms with Crippen molar-refractivity contribution in [2.75, 3.05) is 0 Å². The van der Waals surface area contributed by atoms with E-state index in [9.17, 15) is 9.90 Å². The predicted octanol–water partition coefficient (Wildman–Crippen LogP) is 2.12. The van der Waals surface area contributed by atoms with Crippen molar-refractivity contribution in [1.82, 2.24) is 24.5 Å². The summed E-state index contributed by atoms with van der Waals surface area (Å²) < 4.78 is 3.08. The van der Waals surface area contributed by atoms with Gasteiger partial charge in [-0.25, -0.2) is 14.5 Å². The fraction of sp³-hybridized carbons (Fsp3) is 0.231. The molecule has 0 aliphatic rings. The van der Waals surface area contributed by atoms with Crippen molar-refractivity contribution in [3.63, 3.8) is 0 Å². The van der Waals surface area contributed by atoms with E-state index in [1.54, 1.807) is 31.8 Å². The molecular weight excluding hydrogens is 294 g/mol. The lowest BCUT2D eigenvalue weighted by Gasteiger charge is -2.08. The maximum absolute atomic E-state index is 11.5. The zero-order valence-corrected chi connectivity index (χ0v) is 12.4. The molecular formula is C13H12ClN5O2. The summed E-state index contributed by atoms with van der Waals surface area (Å²) in [5, 5.41) is 19.1. The molecule has 3 heterocycles. The largest absolute Gasteiger partial charge is 0.478 e. The van der Waals surface area contributed by atoms with Gasteiger partial charge in [-0.1, -0.05) is 11.6 Å². The van der Waals surface area contributed by atoms with Crippen LogP contribution in [0.5, 0.6) is 0 Å². The van der Waals surface area contributed by atoms with E-state index in [0.717, 1.165) is 0 Å². The van der Waals surface area contributed by atoms with Crippen LogP contribution in [0.15, 0.2) is 12.4 Å². The number of nitrogens with zero attached hydrogens (tertiary/aromatic N) is 5. The molecule has 0 saturated heterocycles. The third kappa shape index (κ3) is 1.97. The Morgan fingerprint density at radius 3 is 2.57 bits per heavy atom. The minimum Gasteiger partial charge on any atom is -0.478 e. The highest BCUT2D eigenvalue weighted by molar-refractivity contribution is 6.31. The SMILES string of the molecule is Cc1nn(-c2c(C(=O)O)cnc3c2c(C)nn3C)cc1Cl. The molecule has 0 atom stereocenters. The first kappa shape index (κ1) is 13.6. The van der Waals surface area contributed by atoms with E-state index in [-0.39, 0.29) is 5.56 Å². The third-order valence-corrected chi connectivity index (χ3v) is 3.67. The van der Waals surface area contributed by atoms with E-state index in [4.69, 9.17) is 11.6 Å². The topological polar surface area (TPSA) is 85.8 Å². The summed E-state index contributed by atoms with van der Waals surface area (Å²) in [5.74, 6) is -1.08. The highest BCUT2D eigenvalue weighted by Crippen LogP contribution is 2.28. The molecule has 0 aliphatic carbocycles. The van der Waals surface area contributed by atoms with Crippen LogP contribution in [0.1, 0.15) is 21.7 Å². The van der Waals surface area contributed by atoms with Crippen LogP contribution in [0.2, 0.25) is 5.02 Å². The summed E-state index contributed by atoms with van der Waals surface area (Å²) >= 11 is 6.04. The Morgan fingerprint density at radius 1 is 1.29 bits per heavy atom. The number of hydrogen-bond donors (Lipinski definition) is 1. The summed E-state index contributed by atoms with van der Waals surface area (Å²) in [5.41, 5.74) is 2.38. The number of aromatic nitrogens is 5. The van der Waals surface area contributed by atoms with Gasteiger partial charge in [0.2, 0.25) is 0 Å². The van der Waals surface area contributed by atoms with E-state index in [2.05, 4.69) is 15.2 Å². The van der Waals surface area contributed by atoms with Gasteiger partial charge >= 0.3 is 5.97 Å². The van der Waals surface area contributed by atoms with Crippen LogP contribution >= 0.6 is 11.6 Å². The molecule has 21 heavy (non-hydrogen) atoms. The molecule has 0 spiro atoms. The zero-order chi connectivity index (χ0) is 15.3. The van der Waals surface area contributed by atoms with Crippen LogP contribution in [-0.4, -0.2) is 35.6 Å². The van der Waals surface area contributed by atoms with Crippen molar-refractivity contribution in [1.29, 1.82) is 0 Å². The average molecular weight is 306 g/mol. The van der Waals surface area contributed by atoms with E-state index in [1.807, 2.05) is 0 Å². The summed E-state index contributed by atoms with van der Waals surface area (Å²) in [4.78, 5) is 15.7. The molecule has 108 valence electrons. The smallest absolute Gasteiger partial charge is 0.339 e. The number of carbonyl (C=O) groups is 1. The molecule has 3 aromatic rings. The molecule has 0 unspecified atom stereocenters. The van der Waals surface area contributed by atoms with Gasteiger partial charge in [-0.2, -0.15) is 10.2 Å². The number of rotatable bonds is 2. The molecule has 0 aliphatic heterocycles. The summed E-state index contributed by atoms with van der Waals surface area (Å²) in [6, 6.07) is 0. The first-order chi connectivity index (χ1) is 9.90. The highest BCUT2D eigenvalue weighted by atomic mass is 35.5. The first-order valence-corrected chi connectivity index (χ1v) is 6.55. The second-order valence-corrected chi connectivity index (χ2v) is 5.15. The molecule has 0 amide bonds. The Bertz CT molecular complexity index is 861. The maximum Gasteiger partial charge on any atom is 0.339 e. The van der Waals surface area contributed by atoms with Crippen LogP contribution in [0.4, 0.5) is 0 Å². The average Bonchev–Trinajstić information content (AvgIpc) is 2.90. The Kier molecular flexibility index (Phi) is 2.94. The van der Waals surface area contributed by atoms with Crippen molar-refractivity contribution in [2.45, 2.75) is 13.8 Å². The number of carboxylic acid groups (broad SMARTS) is 1. The molecule has 0 bridgehead atoms. The molecule has 0 saturated carbocycles. The van der Waals surface area contributed by atoms with E-state index >= 15 is 0 Å². The van der Waals surface area contributed by atoms with Crippen molar-refractivity contribution >= 4 is 28.6 Å². The minimum absolute atomic E-state index is 0.0535. The first-order valence-electron chi connectivity index (χ1n) is 6.18. The van der Waals surface area contributed by atoms with Crippen molar-refractivity contribution < 1.29 is 9.90 Å². The molecule has 0 fully saturated rings. The van der Waals surface area contributed by atoms with Gasteiger partial charge in [-0.15, -0.1) is 0 Å². The van der Waals surface area contributed by atoms with Crippen molar-refractivity contribution in [2.24, 2.45) is 7.05 Å². The normalized spacial score (nSPS) is 11.2. The molecule has 0 aromatic carbocycles. The van der Waals surface area contributed by atoms with Crippen LogP contribution in [0, 0.1) is 13.8 Å². The fourth-order valence-corrected chi connectivity index (χ4v) is 2.47. The van der Waals surface area contributed by atoms with E-state index < -0.39 is 5.97 Å². The second kappa shape index (κ2) is 4.56. The predicted molar refractivity (Wildman–Crippen MR) is 77.1 cm³/mol. The number of pyridine rings is 1. The van der Waals surface area contributed by atoms with Gasteiger partial charge in [0, 0.05) is 19.4 Å². The number of aryl methyl sites for hydroxylation is 3. The molecule has 7 nitrogen and oxygen atoms in total. The number of carboxylic acids is 1. The van der Waals surface area contributed by atoms with Gasteiger partial charge in [-0.05, 0) is 13.8 Å². The van der Waals surface area contributed by atoms with Gasteiger partial charge < -0.3 is 5.11 Å². The standard InChI is InChI=1S/C13H12ClN5O2/c1-6-9(14)5-19(17-6)11-8(13(20)21)4-15-12-10(11)7(2)16-18(12)3/h4-5H,1-3H3,(H,20,21). The summed E-state index contributed by atoms with van der Waals surface area (Å²) in [6.07, 6.45) is 2.90.